The number of hydrogen-bond acceptors (Lipinski definition) is 5. The van der Waals surface area contributed by atoms with E-state index in [9.17, 15) is 4.79 Å². The molecule has 2 aliphatic rings. The zero-order chi connectivity index (χ0) is 16.1. The van der Waals surface area contributed by atoms with Gasteiger partial charge in [-0.3, -0.25) is 4.79 Å². The van der Waals surface area contributed by atoms with Crippen LogP contribution in [-0.4, -0.2) is 30.8 Å². The van der Waals surface area contributed by atoms with E-state index in [0.29, 0.717) is 19.6 Å². The third kappa shape index (κ3) is 4.10. The minimum absolute atomic E-state index is 0.144. The molecule has 1 aromatic carbocycles. The van der Waals surface area contributed by atoms with Crippen LogP contribution in [0.1, 0.15) is 44.6 Å². The van der Waals surface area contributed by atoms with Crippen molar-refractivity contribution in [2.24, 2.45) is 0 Å². The van der Waals surface area contributed by atoms with E-state index >= 15 is 0 Å². The molecule has 0 aromatic heterocycles. The van der Waals surface area contributed by atoms with Gasteiger partial charge in [-0.15, -0.1) is 0 Å². The van der Waals surface area contributed by atoms with Gasteiger partial charge in [0.25, 0.3) is 0 Å². The molecule has 0 N–H and O–H groups in total. The van der Waals surface area contributed by atoms with Gasteiger partial charge in [-0.1, -0.05) is 30.3 Å². The van der Waals surface area contributed by atoms with Gasteiger partial charge in [0.1, 0.15) is 6.10 Å². The summed E-state index contributed by atoms with van der Waals surface area (Å²) in [6, 6.07) is 10.1. The van der Waals surface area contributed by atoms with Crippen LogP contribution in [-0.2, 0) is 30.3 Å². The number of ether oxygens (including phenoxy) is 4. The summed E-state index contributed by atoms with van der Waals surface area (Å²) in [6.07, 6.45) is 3.52. The third-order valence-corrected chi connectivity index (χ3v) is 4.34. The first-order chi connectivity index (χ1) is 11.2. The van der Waals surface area contributed by atoms with E-state index in [1.165, 1.54) is 6.92 Å². The molecule has 2 aliphatic heterocycles. The van der Waals surface area contributed by atoms with Crippen LogP contribution in [0.25, 0.3) is 0 Å². The average Bonchev–Trinajstić information content (AvgIpc) is 2.55. The summed E-state index contributed by atoms with van der Waals surface area (Å²) < 4.78 is 23.4. The van der Waals surface area contributed by atoms with Gasteiger partial charge in [0.2, 0.25) is 6.29 Å². The first-order valence-electron chi connectivity index (χ1n) is 8.32. The highest BCUT2D eigenvalue weighted by Gasteiger charge is 2.49. The van der Waals surface area contributed by atoms with Crippen LogP contribution in [0.3, 0.4) is 0 Å². The van der Waals surface area contributed by atoms with Crippen molar-refractivity contribution in [3.63, 3.8) is 0 Å². The fourth-order valence-electron chi connectivity index (χ4n) is 3.25. The molecule has 2 heterocycles. The molecule has 1 spiro atoms. The lowest BCUT2D eigenvalue weighted by molar-refractivity contribution is -0.372. The van der Waals surface area contributed by atoms with E-state index in [4.69, 9.17) is 18.9 Å². The minimum atomic E-state index is -0.786. The molecule has 2 saturated heterocycles. The fourth-order valence-corrected chi connectivity index (χ4v) is 3.25. The topological polar surface area (TPSA) is 54.0 Å². The molecule has 23 heavy (non-hydrogen) atoms. The number of hydrogen-bond donors (Lipinski definition) is 0. The van der Waals surface area contributed by atoms with Crippen molar-refractivity contribution in [1.82, 2.24) is 0 Å². The Hall–Kier alpha value is -1.43. The van der Waals surface area contributed by atoms with E-state index in [0.717, 1.165) is 31.2 Å². The van der Waals surface area contributed by atoms with Crippen molar-refractivity contribution in [1.29, 1.82) is 0 Å². The predicted octanol–water partition coefficient (Wildman–Crippen LogP) is 3.17. The quantitative estimate of drug-likeness (QED) is 0.798. The second-order valence-electron chi connectivity index (χ2n) is 6.14. The van der Waals surface area contributed by atoms with Crippen molar-refractivity contribution < 1.29 is 23.7 Å². The molecule has 5 nitrogen and oxygen atoms in total. The van der Waals surface area contributed by atoms with Crippen LogP contribution >= 0.6 is 0 Å². The SMILES string of the molecule is CC(=O)O[C@H]1CC[C@H](OCc2ccccc2)[C@]2(CCCCO2)O1. The van der Waals surface area contributed by atoms with Gasteiger partial charge < -0.3 is 18.9 Å². The Morgan fingerprint density at radius 1 is 1.26 bits per heavy atom. The number of esters is 1. The minimum Gasteiger partial charge on any atom is -0.436 e. The molecule has 1 aromatic rings. The van der Waals surface area contributed by atoms with E-state index in [2.05, 4.69) is 0 Å². The monoisotopic (exact) mass is 320 g/mol. The zero-order valence-corrected chi connectivity index (χ0v) is 13.5. The van der Waals surface area contributed by atoms with Gasteiger partial charge in [0.05, 0.1) is 13.2 Å². The van der Waals surface area contributed by atoms with E-state index in [-0.39, 0.29) is 12.1 Å². The molecule has 0 amide bonds. The van der Waals surface area contributed by atoms with E-state index in [1.54, 1.807) is 0 Å². The second-order valence-corrected chi connectivity index (χ2v) is 6.14. The molecule has 2 fully saturated rings. The summed E-state index contributed by atoms with van der Waals surface area (Å²) in [5.74, 6) is -1.12. The summed E-state index contributed by atoms with van der Waals surface area (Å²) in [4.78, 5) is 11.2. The lowest BCUT2D eigenvalue weighted by Crippen LogP contribution is -2.56. The molecule has 126 valence electrons. The predicted molar refractivity (Wildman–Crippen MR) is 83.4 cm³/mol. The first kappa shape index (κ1) is 16.4. The molecule has 5 heteroatoms. The summed E-state index contributed by atoms with van der Waals surface area (Å²) in [6.45, 7) is 2.58. The van der Waals surface area contributed by atoms with Crippen molar-refractivity contribution >= 4 is 5.97 Å². The van der Waals surface area contributed by atoms with Gasteiger partial charge in [-0.25, -0.2) is 0 Å². The molecule has 3 rings (SSSR count). The van der Waals surface area contributed by atoms with Crippen LogP contribution in [0.2, 0.25) is 0 Å². The van der Waals surface area contributed by atoms with E-state index in [1.807, 2.05) is 30.3 Å². The number of benzene rings is 1. The standard InChI is InChI=1S/C18H24O5/c1-14(19)22-17-10-9-16(18(23-17)11-5-6-12-21-18)20-13-15-7-3-2-4-8-15/h2-4,7-8,16-17H,5-6,9-13H2,1H3/t16-,17+,18-/m0/s1. The van der Waals surface area contributed by atoms with Gasteiger partial charge in [0, 0.05) is 19.8 Å². The first-order valence-corrected chi connectivity index (χ1v) is 8.32. The van der Waals surface area contributed by atoms with Crippen LogP contribution < -0.4 is 0 Å². The summed E-state index contributed by atoms with van der Waals surface area (Å²) in [5.41, 5.74) is 1.13. The highest BCUT2D eigenvalue weighted by molar-refractivity contribution is 5.66. The molecule has 0 radical (unpaired) electrons. The lowest BCUT2D eigenvalue weighted by Gasteiger charge is -2.47. The highest BCUT2D eigenvalue weighted by atomic mass is 16.8. The maximum Gasteiger partial charge on any atom is 0.304 e. The summed E-state index contributed by atoms with van der Waals surface area (Å²) >= 11 is 0. The van der Waals surface area contributed by atoms with Crippen LogP contribution in [0.4, 0.5) is 0 Å². The van der Waals surface area contributed by atoms with Gasteiger partial charge in [-0.05, 0) is 24.8 Å². The number of carbonyl (C=O) groups excluding carboxylic acids is 1. The number of carbonyl (C=O) groups is 1. The Balaban J connectivity index is 1.66. The molecular formula is C18H24O5. The maximum atomic E-state index is 11.2. The van der Waals surface area contributed by atoms with Crippen molar-refractivity contribution in [3.8, 4) is 0 Å². The van der Waals surface area contributed by atoms with Crippen LogP contribution in [0.5, 0.6) is 0 Å². The molecule has 3 atom stereocenters. The van der Waals surface area contributed by atoms with E-state index < -0.39 is 12.1 Å². The highest BCUT2D eigenvalue weighted by Crippen LogP contribution is 2.39. The third-order valence-electron chi connectivity index (χ3n) is 4.34. The Morgan fingerprint density at radius 2 is 2.09 bits per heavy atom. The average molecular weight is 320 g/mol. The lowest BCUT2D eigenvalue weighted by atomic mass is 9.93. The fraction of sp³-hybridized carbons (Fsp3) is 0.611. The second kappa shape index (κ2) is 7.43. The van der Waals surface area contributed by atoms with Crippen molar-refractivity contribution in [2.45, 2.75) is 63.8 Å². The Labute approximate surface area is 136 Å². The smallest absolute Gasteiger partial charge is 0.304 e. The number of rotatable bonds is 4. The van der Waals surface area contributed by atoms with Crippen molar-refractivity contribution in [3.05, 3.63) is 35.9 Å². The van der Waals surface area contributed by atoms with Gasteiger partial charge >= 0.3 is 5.97 Å². The van der Waals surface area contributed by atoms with Gasteiger partial charge in [-0.2, -0.15) is 0 Å². The largest absolute Gasteiger partial charge is 0.436 e. The molecule has 0 saturated carbocycles. The van der Waals surface area contributed by atoms with Gasteiger partial charge in [0.15, 0.2) is 5.79 Å². The molecule has 0 bridgehead atoms. The molecule has 0 unspecified atom stereocenters. The zero-order valence-electron chi connectivity index (χ0n) is 13.5. The Kier molecular flexibility index (Phi) is 5.30. The summed E-state index contributed by atoms with van der Waals surface area (Å²) in [7, 11) is 0. The summed E-state index contributed by atoms with van der Waals surface area (Å²) in [5, 5.41) is 0. The maximum absolute atomic E-state index is 11.2. The van der Waals surface area contributed by atoms with Crippen LogP contribution in [0.15, 0.2) is 30.3 Å². The molecular weight excluding hydrogens is 296 g/mol. The normalized spacial score (nSPS) is 31.0. The Morgan fingerprint density at radius 3 is 2.78 bits per heavy atom. The van der Waals surface area contributed by atoms with Crippen molar-refractivity contribution in [2.75, 3.05) is 6.61 Å². The Bertz CT molecular complexity index is 509. The molecule has 0 aliphatic carbocycles. The van der Waals surface area contributed by atoms with Crippen LogP contribution in [0, 0.1) is 0 Å².